The second-order valence-electron chi connectivity index (χ2n) is 5.93. The highest BCUT2D eigenvalue weighted by molar-refractivity contribution is 7.98. The Bertz CT molecular complexity index is 505. The van der Waals surface area contributed by atoms with Crippen LogP contribution in [0.2, 0.25) is 0 Å². The molecule has 1 aliphatic rings. The van der Waals surface area contributed by atoms with E-state index >= 15 is 0 Å². The molecule has 4 nitrogen and oxygen atoms in total. The molecule has 0 saturated heterocycles. The van der Waals surface area contributed by atoms with E-state index in [0.29, 0.717) is 11.2 Å². The van der Waals surface area contributed by atoms with Gasteiger partial charge in [0.1, 0.15) is 0 Å². The van der Waals surface area contributed by atoms with Crippen LogP contribution in [-0.2, 0) is 0 Å². The molecule has 3 N–H and O–H groups in total. The normalized spacial score (nSPS) is 18.7. The van der Waals surface area contributed by atoms with Crippen molar-refractivity contribution in [2.24, 2.45) is 5.92 Å². The number of urea groups is 1. The fourth-order valence-corrected chi connectivity index (χ4v) is 2.84. The van der Waals surface area contributed by atoms with Crippen molar-refractivity contribution in [2.75, 3.05) is 18.2 Å². The van der Waals surface area contributed by atoms with Crippen molar-refractivity contribution in [3.63, 3.8) is 0 Å². The Morgan fingerprint density at radius 1 is 1.52 bits per heavy atom. The van der Waals surface area contributed by atoms with Gasteiger partial charge in [0.25, 0.3) is 0 Å². The van der Waals surface area contributed by atoms with Crippen LogP contribution in [0, 0.1) is 5.92 Å². The molecule has 21 heavy (non-hydrogen) atoms. The van der Waals surface area contributed by atoms with Crippen LogP contribution in [0.1, 0.15) is 37.5 Å². The Morgan fingerprint density at radius 3 is 2.81 bits per heavy atom. The van der Waals surface area contributed by atoms with Crippen molar-refractivity contribution < 1.29 is 9.90 Å². The fraction of sp³-hybridized carbons (Fsp3) is 0.562. The molecule has 2 atom stereocenters. The highest BCUT2D eigenvalue weighted by Crippen LogP contribution is 2.39. The molecule has 0 spiro atoms. The van der Waals surface area contributed by atoms with Gasteiger partial charge < -0.3 is 15.7 Å². The standard InChI is InChI=1S/C16H24N2O2S/c1-11(21-3)12-5-4-6-14(9-12)17-15(20)18-16(2,10-19)13-7-8-13/h4-6,9,11,13,19H,7-8,10H2,1-3H3,(H2,17,18,20)/t11-,16-/m0/s1. The first-order valence-corrected chi connectivity index (χ1v) is 8.60. The first-order valence-electron chi connectivity index (χ1n) is 7.31. The molecule has 116 valence electrons. The summed E-state index contributed by atoms with van der Waals surface area (Å²) in [5, 5.41) is 15.7. The Balaban J connectivity index is 1.99. The van der Waals surface area contributed by atoms with Crippen LogP contribution in [0.4, 0.5) is 10.5 Å². The van der Waals surface area contributed by atoms with Crippen LogP contribution in [0.25, 0.3) is 0 Å². The predicted molar refractivity (Wildman–Crippen MR) is 88.7 cm³/mol. The maximum atomic E-state index is 12.1. The van der Waals surface area contributed by atoms with E-state index in [1.54, 1.807) is 11.8 Å². The summed E-state index contributed by atoms with van der Waals surface area (Å²) < 4.78 is 0. The molecule has 0 bridgehead atoms. The van der Waals surface area contributed by atoms with Crippen LogP contribution >= 0.6 is 11.8 Å². The minimum absolute atomic E-state index is 0.0331. The van der Waals surface area contributed by atoms with E-state index in [0.717, 1.165) is 18.5 Å². The van der Waals surface area contributed by atoms with Crippen molar-refractivity contribution >= 4 is 23.5 Å². The molecule has 1 fully saturated rings. The number of hydrogen-bond acceptors (Lipinski definition) is 3. The molecule has 1 aromatic rings. The van der Waals surface area contributed by atoms with Crippen LogP contribution in [-0.4, -0.2) is 29.5 Å². The Kier molecular flexibility index (Phi) is 5.17. The third kappa shape index (κ3) is 4.14. The molecule has 0 aliphatic heterocycles. The highest BCUT2D eigenvalue weighted by atomic mass is 32.2. The second kappa shape index (κ2) is 6.71. The molecule has 1 saturated carbocycles. The van der Waals surface area contributed by atoms with Crippen LogP contribution in [0.15, 0.2) is 24.3 Å². The number of rotatable bonds is 6. The van der Waals surface area contributed by atoms with Gasteiger partial charge in [-0.1, -0.05) is 12.1 Å². The molecule has 0 radical (unpaired) electrons. The molecule has 0 aromatic heterocycles. The summed E-state index contributed by atoms with van der Waals surface area (Å²) in [7, 11) is 0. The van der Waals surface area contributed by atoms with Gasteiger partial charge in [-0.05, 0) is 56.6 Å². The zero-order valence-electron chi connectivity index (χ0n) is 12.8. The molecule has 1 aliphatic carbocycles. The van der Waals surface area contributed by atoms with Crippen molar-refractivity contribution in [3.05, 3.63) is 29.8 Å². The summed E-state index contributed by atoms with van der Waals surface area (Å²) >= 11 is 1.77. The van der Waals surface area contributed by atoms with Gasteiger partial charge in [-0.2, -0.15) is 11.8 Å². The lowest BCUT2D eigenvalue weighted by Gasteiger charge is -2.28. The van der Waals surface area contributed by atoms with Gasteiger partial charge >= 0.3 is 6.03 Å². The van der Waals surface area contributed by atoms with E-state index in [4.69, 9.17) is 0 Å². The summed E-state index contributed by atoms with van der Waals surface area (Å²) in [5.74, 6) is 0.385. The number of anilines is 1. The van der Waals surface area contributed by atoms with Gasteiger partial charge in [0, 0.05) is 10.9 Å². The van der Waals surface area contributed by atoms with Crippen molar-refractivity contribution in [2.45, 2.75) is 37.5 Å². The summed E-state index contributed by atoms with van der Waals surface area (Å²) in [6, 6.07) is 7.63. The van der Waals surface area contributed by atoms with Gasteiger partial charge in [0.2, 0.25) is 0 Å². The summed E-state index contributed by atoms with van der Waals surface area (Å²) in [6.07, 6.45) is 4.20. The molecule has 2 amide bonds. The molecule has 5 heteroatoms. The Morgan fingerprint density at radius 2 is 2.24 bits per heavy atom. The highest BCUT2D eigenvalue weighted by Gasteiger charge is 2.42. The zero-order valence-corrected chi connectivity index (χ0v) is 13.7. The third-order valence-corrected chi connectivity index (χ3v) is 5.15. The van der Waals surface area contributed by atoms with Gasteiger partial charge in [-0.25, -0.2) is 4.79 Å². The Labute approximate surface area is 130 Å². The SMILES string of the molecule is CS[C@@H](C)c1cccc(NC(=O)N[C@@](C)(CO)C2CC2)c1. The molecular weight excluding hydrogens is 284 g/mol. The van der Waals surface area contributed by atoms with E-state index in [2.05, 4.69) is 29.9 Å². The van der Waals surface area contributed by atoms with Crippen LogP contribution < -0.4 is 10.6 Å². The molecule has 0 unspecified atom stereocenters. The number of benzene rings is 1. The fourth-order valence-electron chi connectivity index (χ4n) is 2.42. The first-order chi connectivity index (χ1) is 9.98. The average Bonchev–Trinajstić information content (AvgIpc) is 3.31. The minimum atomic E-state index is -0.520. The maximum Gasteiger partial charge on any atom is 0.319 e. The van der Waals surface area contributed by atoms with Gasteiger partial charge in [-0.15, -0.1) is 0 Å². The topological polar surface area (TPSA) is 61.4 Å². The predicted octanol–water partition coefficient (Wildman–Crippen LogP) is 3.39. The van der Waals surface area contributed by atoms with E-state index < -0.39 is 5.54 Å². The lowest BCUT2D eigenvalue weighted by Crippen LogP contribution is -2.52. The lowest BCUT2D eigenvalue weighted by molar-refractivity contribution is 0.159. The van der Waals surface area contributed by atoms with E-state index in [1.165, 1.54) is 5.56 Å². The summed E-state index contributed by atoms with van der Waals surface area (Å²) in [6.45, 7) is 4.00. The second-order valence-corrected chi connectivity index (χ2v) is 7.11. The summed E-state index contributed by atoms with van der Waals surface area (Å²) in [5.41, 5.74) is 1.45. The summed E-state index contributed by atoms with van der Waals surface area (Å²) in [4.78, 5) is 12.1. The smallest absolute Gasteiger partial charge is 0.319 e. The van der Waals surface area contributed by atoms with Gasteiger partial charge in [0.15, 0.2) is 0 Å². The number of aliphatic hydroxyl groups is 1. The number of amides is 2. The van der Waals surface area contributed by atoms with E-state index in [9.17, 15) is 9.90 Å². The van der Waals surface area contributed by atoms with Gasteiger partial charge in [-0.3, -0.25) is 0 Å². The lowest BCUT2D eigenvalue weighted by atomic mass is 9.97. The zero-order chi connectivity index (χ0) is 15.5. The van der Waals surface area contributed by atoms with Crippen molar-refractivity contribution in [3.8, 4) is 0 Å². The van der Waals surface area contributed by atoms with Crippen molar-refractivity contribution in [1.82, 2.24) is 5.32 Å². The first kappa shape index (κ1) is 16.2. The largest absolute Gasteiger partial charge is 0.394 e. The quantitative estimate of drug-likeness (QED) is 0.755. The maximum absolute atomic E-state index is 12.1. The van der Waals surface area contributed by atoms with Crippen LogP contribution in [0.3, 0.4) is 0 Å². The molecule has 0 heterocycles. The minimum Gasteiger partial charge on any atom is -0.394 e. The van der Waals surface area contributed by atoms with Gasteiger partial charge in [0.05, 0.1) is 12.1 Å². The number of thioether (sulfide) groups is 1. The molecule has 1 aromatic carbocycles. The third-order valence-electron chi connectivity index (χ3n) is 4.17. The molecule has 2 rings (SSSR count). The van der Waals surface area contributed by atoms with Crippen LogP contribution in [0.5, 0.6) is 0 Å². The van der Waals surface area contributed by atoms with Crippen molar-refractivity contribution in [1.29, 1.82) is 0 Å². The van der Waals surface area contributed by atoms with E-state index in [1.807, 2.05) is 25.1 Å². The number of hydrogen-bond donors (Lipinski definition) is 3. The number of nitrogens with one attached hydrogen (secondary N) is 2. The average molecular weight is 308 g/mol. The molecular formula is C16H24N2O2S. The van der Waals surface area contributed by atoms with E-state index in [-0.39, 0.29) is 12.6 Å². The Hall–Kier alpha value is -1.20. The number of aliphatic hydroxyl groups excluding tert-OH is 1. The monoisotopic (exact) mass is 308 g/mol. The number of carbonyl (C=O) groups is 1. The number of carbonyl (C=O) groups excluding carboxylic acids is 1.